The van der Waals surface area contributed by atoms with Gasteiger partial charge in [0.25, 0.3) is 0 Å². The summed E-state index contributed by atoms with van der Waals surface area (Å²) in [6.45, 7) is 0. The Hall–Kier alpha value is -2.54. The Bertz CT molecular complexity index is 881. The second kappa shape index (κ2) is 6.07. The number of rotatable bonds is 3. The second-order valence-corrected chi connectivity index (χ2v) is 5.33. The molecule has 3 rings (SSSR count). The van der Waals surface area contributed by atoms with E-state index in [0.717, 1.165) is 21.1 Å². The summed E-state index contributed by atoms with van der Waals surface area (Å²) in [5.74, 6) is 0.946. The lowest BCUT2D eigenvalue weighted by Crippen LogP contribution is -2.01. The van der Waals surface area contributed by atoms with E-state index in [1.54, 1.807) is 19.5 Å². The van der Waals surface area contributed by atoms with Crippen LogP contribution in [0, 0.1) is 0 Å². The molecule has 0 aliphatic rings. The topological polar surface area (TPSA) is 82.0 Å². The average Bonchev–Trinajstić information content (AvgIpc) is 2.85. The monoisotopic (exact) mass is 356 g/mol. The molecule has 0 aliphatic heterocycles. The smallest absolute Gasteiger partial charge is 0.221 e. The Kier molecular flexibility index (Phi) is 3.97. The van der Waals surface area contributed by atoms with Crippen LogP contribution in [-0.4, -0.2) is 32.8 Å². The number of nitrogens with two attached hydrogens (primary N) is 1. The number of pyridine rings is 1. The van der Waals surface area contributed by atoms with Crippen molar-refractivity contribution < 1.29 is 0 Å². The number of aromatic nitrogens is 4. The van der Waals surface area contributed by atoms with Crippen LogP contribution < -0.4 is 5.73 Å². The summed E-state index contributed by atoms with van der Waals surface area (Å²) in [5.41, 5.74) is 7.69. The van der Waals surface area contributed by atoms with Gasteiger partial charge in [-0.3, -0.25) is 4.99 Å². The van der Waals surface area contributed by atoms with Gasteiger partial charge >= 0.3 is 0 Å². The Morgan fingerprint density at radius 2 is 2.23 bits per heavy atom. The summed E-state index contributed by atoms with van der Waals surface area (Å²) in [7, 11) is 1.73. The van der Waals surface area contributed by atoms with Gasteiger partial charge in [-0.2, -0.15) is 4.98 Å². The molecule has 0 fully saturated rings. The molecular weight excluding hydrogens is 344 g/mol. The molecule has 6 nitrogen and oxygen atoms in total. The van der Waals surface area contributed by atoms with Crippen LogP contribution in [0.25, 0.3) is 22.8 Å². The number of aliphatic imine (C=N–C) groups is 1. The van der Waals surface area contributed by atoms with Crippen LogP contribution in [0.3, 0.4) is 0 Å². The number of nitrogens with zero attached hydrogens (tertiary/aromatic N) is 5. The van der Waals surface area contributed by atoms with E-state index in [2.05, 4.69) is 35.9 Å². The van der Waals surface area contributed by atoms with Crippen molar-refractivity contribution in [1.29, 1.82) is 0 Å². The number of allylic oxidation sites excluding steroid dienone is 1. The molecule has 110 valence electrons. The largest absolute Gasteiger partial charge is 0.368 e. The molecule has 0 atom stereocenters. The van der Waals surface area contributed by atoms with Crippen molar-refractivity contribution in [2.75, 3.05) is 12.8 Å². The van der Waals surface area contributed by atoms with Gasteiger partial charge in [0.05, 0.1) is 5.52 Å². The first-order valence-electron chi connectivity index (χ1n) is 6.53. The molecule has 0 aliphatic carbocycles. The fourth-order valence-corrected chi connectivity index (χ4v) is 2.49. The lowest BCUT2D eigenvalue weighted by atomic mass is 10.2. The Morgan fingerprint density at radius 1 is 1.36 bits per heavy atom. The molecule has 3 heterocycles. The van der Waals surface area contributed by atoms with Gasteiger partial charge in [0.15, 0.2) is 0 Å². The molecule has 0 bridgehead atoms. The predicted molar refractivity (Wildman–Crippen MR) is 92.2 cm³/mol. The second-order valence-electron chi connectivity index (χ2n) is 4.52. The zero-order chi connectivity index (χ0) is 15.5. The first-order chi connectivity index (χ1) is 10.7. The van der Waals surface area contributed by atoms with E-state index in [-0.39, 0.29) is 5.95 Å². The molecule has 0 radical (unpaired) electrons. The minimum absolute atomic E-state index is 0.239. The van der Waals surface area contributed by atoms with Crippen LogP contribution >= 0.6 is 15.9 Å². The van der Waals surface area contributed by atoms with E-state index in [1.807, 2.05) is 41.2 Å². The van der Waals surface area contributed by atoms with Crippen LogP contribution in [-0.2, 0) is 0 Å². The summed E-state index contributed by atoms with van der Waals surface area (Å²) in [6.07, 6.45) is 11.0. The maximum atomic E-state index is 5.69. The lowest BCUT2D eigenvalue weighted by molar-refractivity contribution is 1.02. The molecule has 3 aromatic heterocycles. The molecule has 0 spiro atoms. The third-order valence-corrected chi connectivity index (χ3v) is 3.54. The minimum Gasteiger partial charge on any atom is -0.368 e. The molecule has 0 unspecified atom stereocenters. The van der Waals surface area contributed by atoms with Crippen LogP contribution in [0.4, 0.5) is 5.95 Å². The van der Waals surface area contributed by atoms with Crippen molar-refractivity contribution in [3.8, 4) is 5.82 Å². The number of fused-ring (bicyclic) bond motifs is 1. The maximum absolute atomic E-state index is 5.69. The molecule has 0 saturated heterocycles. The fourth-order valence-electron chi connectivity index (χ4n) is 2.17. The maximum Gasteiger partial charge on any atom is 0.221 e. The lowest BCUT2D eigenvalue weighted by Gasteiger charge is -2.04. The zero-order valence-electron chi connectivity index (χ0n) is 11.8. The highest BCUT2D eigenvalue weighted by Gasteiger charge is 2.10. The van der Waals surface area contributed by atoms with E-state index in [0.29, 0.717) is 5.82 Å². The highest BCUT2D eigenvalue weighted by molar-refractivity contribution is 9.10. The van der Waals surface area contributed by atoms with Gasteiger partial charge in [-0.1, -0.05) is 6.08 Å². The number of anilines is 1. The van der Waals surface area contributed by atoms with Gasteiger partial charge in [-0.05, 0) is 34.1 Å². The van der Waals surface area contributed by atoms with Gasteiger partial charge < -0.3 is 10.3 Å². The normalized spacial score (nSPS) is 11.9. The molecule has 0 amide bonds. The third kappa shape index (κ3) is 2.75. The number of halogens is 1. The van der Waals surface area contributed by atoms with E-state index >= 15 is 0 Å². The van der Waals surface area contributed by atoms with Crippen LogP contribution in [0.2, 0.25) is 0 Å². The number of hydrogen-bond donors (Lipinski definition) is 1. The van der Waals surface area contributed by atoms with Gasteiger partial charge in [0.2, 0.25) is 5.95 Å². The van der Waals surface area contributed by atoms with Crippen molar-refractivity contribution in [3.63, 3.8) is 0 Å². The van der Waals surface area contributed by atoms with E-state index in [4.69, 9.17) is 5.73 Å². The Labute approximate surface area is 135 Å². The molecular formula is C15H13BrN6. The van der Waals surface area contributed by atoms with E-state index in [9.17, 15) is 0 Å². The minimum atomic E-state index is 0.239. The summed E-state index contributed by atoms with van der Waals surface area (Å²) in [4.78, 5) is 16.4. The van der Waals surface area contributed by atoms with Crippen LogP contribution in [0.15, 0.2) is 46.4 Å². The van der Waals surface area contributed by atoms with Gasteiger partial charge in [-0.15, -0.1) is 0 Å². The van der Waals surface area contributed by atoms with E-state index < -0.39 is 0 Å². The van der Waals surface area contributed by atoms with Gasteiger partial charge in [-0.25, -0.2) is 9.97 Å². The molecule has 0 saturated carbocycles. The van der Waals surface area contributed by atoms with Crippen molar-refractivity contribution >= 4 is 45.1 Å². The highest BCUT2D eigenvalue weighted by Crippen LogP contribution is 2.26. The summed E-state index contributed by atoms with van der Waals surface area (Å²) in [5, 5.41) is 1.01. The van der Waals surface area contributed by atoms with Crippen LogP contribution in [0.1, 0.15) is 5.56 Å². The highest BCUT2D eigenvalue weighted by atomic mass is 79.9. The molecule has 22 heavy (non-hydrogen) atoms. The quantitative estimate of drug-likeness (QED) is 0.577. The van der Waals surface area contributed by atoms with Crippen molar-refractivity contribution in [2.45, 2.75) is 0 Å². The molecule has 7 heteroatoms. The van der Waals surface area contributed by atoms with Crippen molar-refractivity contribution in [3.05, 3.63) is 47.0 Å². The van der Waals surface area contributed by atoms with Crippen LogP contribution in [0.5, 0.6) is 0 Å². The molecule has 3 aromatic rings. The summed E-state index contributed by atoms with van der Waals surface area (Å²) >= 11 is 3.41. The third-order valence-electron chi connectivity index (χ3n) is 3.10. The Balaban J connectivity index is 2.23. The summed E-state index contributed by atoms with van der Waals surface area (Å²) < 4.78 is 2.72. The number of nitrogen functional groups attached to an aromatic ring is 1. The van der Waals surface area contributed by atoms with Crippen molar-refractivity contribution in [1.82, 2.24) is 19.5 Å². The fraction of sp³-hybridized carbons (Fsp3) is 0.0667. The Morgan fingerprint density at radius 3 is 3.00 bits per heavy atom. The molecule has 0 aromatic carbocycles. The first kappa shape index (κ1) is 14.4. The van der Waals surface area contributed by atoms with Gasteiger partial charge in [0, 0.05) is 42.8 Å². The molecule has 2 N–H and O–H groups in total. The van der Waals surface area contributed by atoms with Crippen molar-refractivity contribution in [2.24, 2.45) is 4.99 Å². The first-order valence-corrected chi connectivity index (χ1v) is 7.32. The average molecular weight is 357 g/mol. The predicted octanol–water partition coefficient (Wildman–Crippen LogP) is 2.87. The standard InChI is InChI=1S/C15H13BrN6/c1-18-5-2-3-10-9-22(14-4-6-19-15(17)21-14)12-7-13(16)20-8-11(10)12/h2-9H,1H3,(H2,17,19,21). The van der Waals surface area contributed by atoms with Gasteiger partial charge in [0.1, 0.15) is 10.4 Å². The SMILES string of the molecule is CN=CC=Cc1cn(-c2ccnc(N)n2)c2cc(Br)ncc12. The number of hydrogen-bond acceptors (Lipinski definition) is 5. The van der Waals surface area contributed by atoms with E-state index in [1.165, 1.54) is 0 Å². The zero-order valence-corrected chi connectivity index (χ0v) is 13.4. The summed E-state index contributed by atoms with van der Waals surface area (Å²) in [6, 6.07) is 3.75.